The van der Waals surface area contributed by atoms with Gasteiger partial charge in [-0.2, -0.15) is 0 Å². The Hall–Kier alpha value is -1.02. The third-order valence-corrected chi connectivity index (χ3v) is 3.19. The summed E-state index contributed by atoms with van der Waals surface area (Å²) in [6.07, 6.45) is 3.67. The number of hydrogen-bond donors (Lipinski definition) is 1. The molecule has 1 aliphatic heterocycles. The summed E-state index contributed by atoms with van der Waals surface area (Å²) in [7, 11) is 0. The molecule has 0 unspecified atom stereocenters. The lowest BCUT2D eigenvalue weighted by Gasteiger charge is -2.25. The lowest BCUT2D eigenvalue weighted by molar-refractivity contribution is 0.724. The van der Waals surface area contributed by atoms with Crippen molar-refractivity contribution in [2.45, 2.75) is 26.2 Å². The number of nitrogens with zero attached hydrogens (tertiary/aromatic N) is 1. The Kier molecular flexibility index (Phi) is 4.23. The maximum Gasteiger partial charge on any atom is 0.0399 e. The van der Waals surface area contributed by atoms with Crippen LogP contribution in [0.25, 0.3) is 0 Å². The molecular formula is C14H22N2. The number of benzene rings is 1. The molecule has 0 aliphatic carbocycles. The van der Waals surface area contributed by atoms with Crippen molar-refractivity contribution in [3.63, 3.8) is 0 Å². The summed E-state index contributed by atoms with van der Waals surface area (Å²) in [5.74, 6) is 0. The van der Waals surface area contributed by atoms with Gasteiger partial charge in [0, 0.05) is 25.3 Å². The van der Waals surface area contributed by atoms with Crippen molar-refractivity contribution in [3.8, 4) is 0 Å². The van der Waals surface area contributed by atoms with E-state index in [4.69, 9.17) is 0 Å². The van der Waals surface area contributed by atoms with Gasteiger partial charge in [0.1, 0.15) is 0 Å². The molecule has 1 N–H and O–H groups in total. The van der Waals surface area contributed by atoms with Crippen molar-refractivity contribution in [2.24, 2.45) is 0 Å². The topological polar surface area (TPSA) is 15.3 Å². The molecule has 16 heavy (non-hydrogen) atoms. The third-order valence-electron chi connectivity index (χ3n) is 3.19. The second-order valence-electron chi connectivity index (χ2n) is 4.47. The fourth-order valence-corrected chi connectivity index (χ4v) is 2.39. The van der Waals surface area contributed by atoms with Gasteiger partial charge in [0.05, 0.1) is 0 Å². The highest BCUT2D eigenvalue weighted by Crippen LogP contribution is 2.22. The van der Waals surface area contributed by atoms with E-state index in [9.17, 15) is 0 Å². The molecule has 1 heterocycles. The Morgan fingerprint density at radius 2 is 2.06 bits per heavy atom. The van der Waals surface area contributed by atoms with Crippen molar-refractivity contribution in [2.75, 3.05) is 31.1 Å². The van der Waals surface area contributed by atoms with Crippen LogP contribution in [0.15, 0.2) is 24.3 Å². The van der Waals surface area contributed by atoms with E-state index in [0.717, 1.165) is 19.6 Å². The number of para-hydroxylation sites is 1. The van der Waals surface area contributed by atoms with E-state index >= 15 is 0 Å². The van der Waals surface area contributed by atoms with Gasteiger partial charge in [0.25, 0.3) is 0 Å². The maximum absolute atomic E-state index is 3.46. The van der Waals surface area contributed by atoms with Gasteiger partial charge in [-0.05, 0) is 31.0 Å². The average molecular weight is 218 g/mol. The van der Waals surface area contributed by atoms with Gasteiger partial charge < -0.3 is 10.2 Å². The minimum Gasteiger partial charge on any atom is -0.370 e. The van der Waals surface area contributed by atoms with Crippen LogP contribution in [0.3, 0.4) is 0 Å². The smallest absolute Gasteiger partial charge is 0.0399 e. The summed E-state index contributed by atoms with van der Waals surface area (Å²) in [6, 6.07) is 8.87. The van der Waals surface area contributed by atoms with Crippen molar-refractivity contribution >= 4 is 5.69 Å². The summed E-state index contributed by atoms with van der Waals surface area (Å²) in [4.78, 5) is 2.53. The van der Waals surface area contributed by atoms with Crippen molar-refractivity contribution in [3.05, 3.63) is 29.8 Å². The highest BCUT2D eigenvalue weighted by molar-refractivity contribution is 5.53. The van der Waals surface area contributed by atoms with Crippen LogP contribution in [0.1, 0.15) is 25.3 Å². The van der Waals surface area contributed by atoms with Crippen LogP contribution >= 0.6 is 0 Å². The second-order valence-corrected chi connectivity index (χ2v) is 4.47. The highest BCUT2D eigenvalue weighted by Gasteiger charge is 2.11. The third kappa shape index (κ3) is 2.76. The Balaban J connectivity index is 2.16. The molecule has 1 saturated heterocycles. The number of nitrogens with one attached hydrogen (secondary N) is 1. The molecule has 2 heteroatoms. The van der Waals surface area contributed by atoms with E-state index in [-0.39, 0.29) is 0 Å². The quantitative estimate of drug-likeness (QED) is 0.838. The molecule has 0 aromatic heterocycles. The minimum atomic E-state index is 1.11. The molecular weight excluding hydrogens is 196 g/mol. The monoisotopic (exact) mass is 218 g/mol. The normalized spacial score (nSPS) is 17.2. The summed E-state index contributed by atoms with van der Waals surface area (Å²) in [6.45, 7) is 6.85. The average Bonchev–Trinajstić information content (AvgIpc) is 2.59. The van der Waals surface area contributed by atoms with Crippen LogP contribution in [0.4, 0.5) is 5.69 Å². The zero-order chi connectivity index (χ0) is 11.2. The van der Waals surface area contributed by atoms with Crippen LogP contribution in [0.2, 0.25) is 0 Å². The molecule has 1 aromatic rings. The van der Waals surface area contributed by atoms with Gasteiger partial charge in [-0.15, -0.1) is 0 Å². The molecule has 1 aromatic carbocycles. The largest absolute Gasteiger partial charge is 0.370 e. The van der Waals surface area contributed by atoms with Crippen LogP contribution < -0.4 is 10.2 Å². The van der Waals surface area contributed by atoms with Gasteiger partial charge in [-0.3, -0.25) is 0 Å². The predicted octanol–water partition coefficient (Wildman–Crippen LogP) is 2.44. The second kappa shape index (κ2) is 5.90. The predicted molar refractivity (Wildman–Crippen MR) is 70.1 cm³/mol. The van der Waals surface area contributed by atoms with E-state index in [0.29, 0.717) is 0 Å². The zero-order valence-electron chi connectivity index (χ0n) is 10.2. The number of rotatable bonds is 3. The molecule has 2 rings (SSSR count). The molecule has 88 valence electrons. The summed E-state index contributed by atoms with van der Waals surface area (Å²) >= 11 is 0. The van der Waals surface area contributed by atoms with Crippen molar-refractivity contribution in [1.82, 2.24) is 5.32 Å². The Bertz CT molecular complexity index is 314. The fraction of sp³-hybridized carbons (Fsp3) is 0.571. The molecule has 2 nitrogen and oxygen atoms in total. The molecule has 0 amide bonds. The van der Waals surface area contributed by atoms with Crippen molar-refractivity contribution in [1.29, 1.82) is 0 Å². The van der Waals surface area contributed by atoms with E-state index in [1.54, 1.807) is 0 Å². The Morgan fingerprint density at radius 3 is 2.94 bits per heavy atom. The van der Waals surface area contributed by atoms with Gasteiger partial charge in [-0.25, -0.2) is 0 Å². The highest BCUT2D eigenvalue weighted by atomic mass is 15.2. The Morgan fingerprint density at radius 1 is 1.19 bits per heavy atom. The summed E-state index contributed by atoms with van der Waals surface area (Å²) < 4.78 is 0. The molecule has 0 bridgehead atoms. The lowest BCUT2D eigenvalue weighted by atomic mass is 10.1. The number of aryl methyl sites for hydroxylation is 1. The van der Waals surface area contributed by atoms with Crippen LogP contribution in [0.5, 0.6) is 0 Å². The van der Waals surface area contributed by atoms with E-state index in [1.165, 1.54) is 37.1 Å². The van der Waals surface area contributed by atoms with Crippen LogP contribution in [-0.4, -0.2) is 26.2 Å². The zero-order valence-corrected chi connectivity index (χ0v) is 10.2. The minimum absolute atomic E-state index is 1.11. The SMILES string of the molecule is CCCc1ccccc1N1CCCNCC1. The maximum atomic E-state index is 3.46. The van der Waals surface area contributed by atoms with Gasteiger partial charge in [0.15, 0.2) is 0 Å². The molecule has 0 atom stereocenters. The molecule has 1 aliphatic rings. The standard InChI is InChI=1S/C14H22N2/c1-2-6-13-7-3-4-8-14(13)16-11-5-9-15-10-12-16/h3-4,7-8,15H,2,5-6,9-12H2,1H3. The fourth-order valence-electron chi connectivity index (χ4n) is 2.39. The molecule has 0 radical (unpaired) electrons. The van der Waals surface area contributed by atoms with Crippen LogP contribution in [0, 0.1) is 0 Å². The van der Waals surface area contributed by atoms with Gasteiger partial charge in [-0.1, -0.05) is 31.5 Å². The van der Waals surface area contributed by atoms with E-state index in [2.05, 4.69) is 41.4 Å². The lowest BCUT2D eigenvalue weighted by Crippen LogP contribution is -2.28. The first-order valence-electron chi connectivity index (χ1n) is 6.45. The van der Waals surface area contributed by atoms with Crippen molar-refractivity contribution < 1.29 is 0 Å². The first-order valence-corrected chi connectivity index (χ1v) is 6.45. The summed E-state index contributed by atoms with van der Waals surface area (Å²) in [5, 5.41) is 3.46. The van der Waals surface area contributed by atoms with Gasteiger partial charge in [0.2, 0.25) is 0 Å². The Labute approximate surface area is 98.7 Å². The molecule has 0 saturated carbocycles. The summed E-state index contributed by atoms with van der Waals surface area (Å²) in [5.41, 5.74) is 2.96. The van der Waals surface area contributed by atoms with Gasteiger partial charge >= 0.3 is 0 Å². The number of hydrogen-bond acceptors (Lipinski definition) is 2. The number of anilines is 1. The van der Waals surface area contributed by atoms with Crippen LogP contribution in [-0.2, 0) is 6.42 Å². The first-order chi connectivity index (χ1) is 7.92. The molecule has 0 spiro atoms. The van der Waals surface area contributed by atoms with E-state index in [1.807, 2.05) is 0 Å². The first kappa shape index (κ1) is 11.5. The molecule has 1 fully saturated rings. The van der Waals surface area contributed by atoms with E-state index < -0.39 is 0 Å².